The van der Waals surface area contributed by atoms with Gasteiger partial charge < -0.3 is 10.3 Å². The number of halogens is 1. The molecule has 0 aromatic carbocycles. The smallest absolute Gasteiger partial charge is 0.272 e. The van der Waals surface area contributed by atoms with Crippen molar-refractivity contribution in [2.75, 3.05) is 0 Å². The highest BCUT2D eigenvalue weighted by Crippen LogP contribution is 2.18. The fourth-order valence-corrected chi connectivity index (χ4v) is 2.05. The van der Waals surface area contributed by atoms with Crippen LogP contribution in [0.25, 0.3) is 0 Å². The van der Waals surface area contributed by atoms with E-state index in [9.17, 15) is 4.79 Å². The Morgan fingerprint density at radius 3 is 2.76 bits per heavy atom. The summed E-state index contributed by atoms with van der Waals surface area (Å²) in [4.78, 5) is 27.9. The molecule has 0 saturated carbocycles. The van der Waals surface area contributed by atoms with E-state index in [0.29, 0.717) is 18.1 Å². The largest absolute Gasteiger partial charge is 0.347 e. The maximum atomic E-state index is 12.4. The van der Waals surface area contributed by atoms with E-state index in [4.69, 9.17) is 11.6 Å². The molecule has 1 atom stereocenters. The molecular weight excluding hydrogens is 290 g/mol. The first-order valence-electron chi connectivity index (χ1n) is 6.85. The predicted molar refractivity (Wildman–Crippen MR) is 80.2 cm³/mol. The van der Waals surface area contributed by atoms with E-state index in [1.54, 1.807) is 12.4 Å². The summed E-state index contributed by atoms with van der Waals surface area (Å²) >= 11 is 6.04. The Labute approximate surface area is 128 Å². The standard InChI is InChI=1S/C14H18ClN5O/c1-4-10(13-16-5-6-17-13)19-14(21)11-9(15)7-18-12(20-11)8(2)3/h5-8,10H,4H2,1-3H3,(H,16,17)(H,19,21). The van der Waals surface area contributed by atoms with E-state index in [1.807, 2.05) is 20.8 Å². The van der Waals surface area contributed by atoms with Gasteiger partial charge in [0.1, 0.15) is 17.3 Å². The van der Waals surface area contributed by atoms with Gasteiger partial charge in [-0.1, -0.05) is 32.4 Å². The summed E-state index contributed by atoms with van der Waals surface area (Å²) in [6.07, 6.45) is 5.54. The average molecular weight is 308 g/mol. The number of rotatable bonds is 5. The zero-order chi connectivity index (χ0) is 15.4. The van der Waals surface area contributed by atoms with E-state index in [-0.39, 0.29) is 28.6 Å². The minimum absolute atomic E-state index is 0.126. The van der Waals surface area contributed by atoms with Crippen LogP contribution >= 0.6 is 11.6 Å². The summed E-state index contributed by atoms with van der Waals surface area (Å²) in [7, 11) is 0. The van der Waals surface area contributed by atoms with Crippen molar-refractivity contribution in [2.24, 2.45) is 0 Å². The third-order valence-electron chi connectivity index (χ3n) is 3.06. The highest BCUT2D eigenvalue weighted by molar-refractivity contribution is 6.33. The lowest BCUT2D eigenvalue weighted by atomic mass is 10.2. The number of hydrogen-bond acceptors (Lipinski definition) is 4. The molecule has 0 aliphatic carbocycles. The van der Waals surface area contributed by atoms with E-state index >= 15 is 0 Å². The minimum Gasteiger partial charge on any atom is -0.347 e. The van der Waals surface area contributed by atoms with Gasteiger partial charge in [0.25, 0.3) is 5.91 Å². The zero-order valence-corrected chi connectivity index (χ0v) is 13.0. The van der Waals surface area contributed by atoms with Crippen molar-refractivity contribution in [3.05, 3.63) is 41.0 Å². The molecule has 7 heteroatoms. The molecule has 1 amide bonds. The fraction of sp³-hybridized carbons (Fsp3) is 0.429. The molecule has 2 rings (SSSR count). The summed E-state index contributed by atoms with van der Waals surface area (Å²) in [5.41, 5.74) is 0.195. The normalized spacial score (nSPS) is 12.4. The van der Waals surface area contributed by atoms with Crippen LogP contribution in [0.4, 0.5) is 0 Å². The summed E-state index contributed by atoms with van der Waals surface area (Å²) in [5.74, 6) is 1.10. The Kier molecular flexibility index (Phi) is 4.90. The van der Waals surface area contributed by atoms with Gasteiger partial charge in [-0.05, 0) is 6.42 Å². The Bertz CT molecular complexity index is 612. The van der Waals surface area contributed by atoms with Crippen molar-refractivity contribution >= 4 is 17.5 Å². The molecule has 0 saturated heterocycles. The van der Waals surface area contributed by atoms with Gasteiger partial charge in [-0.3, -0.25) is 4.79 Å². The van der Waals surface area contributed by atoms with Crippen LogP contribution in [0.2, 0.25) is 5.02 Å². The Morgan fingerprint density at radius 2 is 2.19 bits per heavy atom. The van der Waals surface area contributed by atoms with Gasteiger partial charge in [-0.25, -0.2) is 15.0 Å². The van der Waals surface area contributed by atoms with E-state index in [1.165, 1.54) is 6.20 Å². The molecule has 0 radical (unpaired) electrons. The molecule has 1 unspecified atom stereocenters. The number of nitrogens with one attached hydrogen (secondary N) is 2. The molecular formula is C14H18ClN5O. The summed E-state index contributed by atoms with van der Waals surface area (Å²) < 4.78 is 0. The van der Waals surface area contributed by atoms with Gasteiger partial charge >= 0.3 is 0 Å². The van der Waals surface area contributed by atoms with Gasteiger partial charge in [-0.15, -0.1) is 0 Å². The second-order valence-corrected chi connectivity index (χ2v) is 5.40. The monoisotopic (exact) mass is 307 g/mol. The van der Waals surface area contributed by atoms with Crippen molar-refractivity contribution < 1.29 is 4.79 Å². The molecule has 6 nitrogen and oxygen atoms in total. The predicted octanol–water partition coefficient (Wildman–Crippen LogP) is 2.86. The highest BCUT2D eigenvalue weighted by Gasteiger charge is 2.20. The molecule has 21 heavy (non-hydrogen) atoms. The number of carbonyl (C=O) groups is 1. The van der Waals surface area contributed by atoms with Crippen molar-refractivity contribution in [1.29, 1.82) is 0 Å². The Balaban J connectivity index is 2.21. The van der Waals surface area contributed by atoms with Gasteiger partial charge in [-0.2, -0.15) is 0 Å². The fourth-order valence-electron chi connectivity index (χ4n) is 1.88. The minimum atomic E-state index is -0.326. The molecule has 0 spiro atoms. The van der Waals surface area contributed by atoms with Crippen LogP contribution in [0.1, 0.15) is 61.3 Å². The number of nitrogens with zero attached hydrogens (tertiary/aromatic N) is 3. The zero-order valence-electron chi connectivity index (χ0n) is 12.2. The van der Waals surface area contributed by atoms with E-state index < -0.39 is 0 Å². The van der Waals surface area contributed by atoms with Gasteiger partial charge in [0, 0.05) is 18.3 Å². The summed E-state index contributed by atoms with van der Waals surface area (Å²) in [6.45, 7) is 5.89. The van der Waals surface area contributed by atoms with Crippen LogP contribution in [0.3, 0.4) is 0 Å². The van der Waals surface area contributed by atoms with Gasteiger partial charge in [0.15, 0.2) is 0 Å². The topological polar surface area (TPSA) is 83.6 Å². The maximum Gasteiger partial charge on any atom is 0.272 e. The van der Waals surface area contributed by atoms with Crippen molar-refractivity contribution in [2.45, 2.75) is 39.2 Å². The summed E-state index contributed by atoms with van der Waals surface area (Å²) in [6, 6.07) is -0.207. The van der Waals surface area contributed by atoms with Gasteiger partial charge in [0.05, 0.1) is 17.3 Å². The third-order valence-corrected chi connectivity index (χ3v) is 3.33. The Hall–Kier alpha value is -1.95. The second-order valence-electron chi connectivity index (χ2n) is 4.99. The van der Waals surface area contributed by atoms with Crippen LogP contribution in [0, 0.1) is 0 Å². The van der Waals surface area contributed by atoms with E-state index in [0.717, 1.165) is 0 Å². The first-order chi connectivity index (χ1) is 10.0. The molecule has 2 N–H and O–H groups in total. The SMILES string of the molecule is CCC(NC(=O)c1nc(C(C)C)ncc1Cl)c1ncc[nH]1. The molecule has 0 aliphatic rings. The lowest BCUT2D eigenvalue weighted by Crippen LogP contribution is -2.30. The maximum absolute atomic E-state index is 12.4. The molecule has 0 aliphatic heterocycles. The van der Waals surface area contributed by atoms with Gasteiger partial charge in [0.2, 0.25) is 0 Å². The number of aromatic nitrogens is 4. The molecule has 0 bridgehead atoms. The third kappa shape index (κ3) is 3.58. The second kappa shape index (κ2) is 6.67. The first kappa shape index (κ1) is 15.4. The summed E-state index contributed by atoms with van der Waals surface area (Å²) in [5, 5.41) is 3.13. The average Bonchev–Trinajstić information content (AvgIpc) is 2.98. The number of carbonyl (C=O) groups excluding carboxylic acids is 1. The number of hydrogen-bond donors (Lipinski definition) is 2. The molecule has 0 fully saturated rings. The van der Waals surface area contributed by atoms with Crippen LogP contribution in [0.5, 0.6) is 0 Å². The molecule has 2 aromatic rings. The van der Waals surface area contributed by atoms with Crippen LogP contribution in [0.15, 0.2) is 18.6 Å². The van der Waals surface area contributed by atoms with Crippen LogP contribution < -0.4 is 5.32 Å². The van der Waals surface area contributed by atoms with E-state index in [2.05, 4.69) is 25.3 Å². The van der Waals surface area contributed by atoms with Crippen LogP contribution in [-0.2, 0) is 0 Å². The van der Waals surface area contributed by atoms with Crippen molar-refractivity contribution in [1.82, 2.24) is 25.3 Å². The molecule has 2 heterocycles. The Morgan fingerprint density at radius 1 is 1.43 bits per heavy atom. The van der Waals surface area contributed by atoms with Crippen molar-refractivity contribution in [3.8, 4) is 0 Å². The lowest BCUT2D eigenvalue weighted by Gasteiger charge is -2.15. The quantitative estimate of drug-likeness (QED) is 0.889. The number of H-pyrrole nitrogens is 1. The molecule has 112 valence electrons. The van der Waals surface area contributed by atoms with Crippen LogP contribution in [-0.4, -0.2) is 25.8 Å². The molecule has 2 aromatic heterocycles. The number of imidazole rings is 1. The first-order valence-corrected chi connectivity index (χ1v) is 7.23. The number of amides is 1. The van der Waals surface area contributed by atoms with Crippen molar-refractivity contribution in [3.63, 3.8) is 0 Å². The highest BCUT2D eigenvalue weighted by atomic mass is 35.5. The lowest BCUT2D eigenvalue weighted by molar-refractivity contribution is 0.0928. The number of aromatic amines is 1.